The Bertz CT molecular complexity index is 1520. The number of halogens is 7. The number of ether oxygens (including phenoxy) is 4. The van der Waals surface area contributed by atoms with Crippen LogP contribution in [0.5, 0.6) is 11.5 Å². The van der Waals surface area contributed by atoms with Crippen molar-refractivity contribution in [2.75, 3.05) is 51.3 Å². The molecular weight excluding hydrogens is 672 g/mol. The third-order valence-electron chi connectivity index (χ3n) is 7.72. The first-order valence-electron chi connectivity index (χ1n) is 14.9. The van der Waals surface area contributed by atoms with Gasteiger partial charge < -0.3 is 24.3 Å². The lowest BCUT2D eigenvalue weighted by atomic mass is 10.0. The normalized spacial score (nSPS) is 16.2. The van der Waals surface area contributed by atoms with Crippen LogP contribution < -0.4 is 14.8 Å². The molecule has 1 atom stereocenters. The van der Waals surface area contributed by atoms with Gasteiger partial charge in [-0.05, 0) is 60.2 Å². The molecule has 1 saturated carbocycles. The van der Waals surface area contributed by atoms with Gasteiger partial charge in [-0.15, -0.1) is 0 Å². The highest BCUT2D eigenvalue weighted by Crippen LogP contribution is 2.39. The number of benzene rings is 2. The number of aromatic nitrogens is 1. The SMILES string of the molecule is O=C(O[C@@H](Cc1c(Cl)cncc1Cl)c1ccc(OC(F)F)c(OCC2CC2)c1)c1cc(NCCN2CCOCC2)ccc1C(F)(F)F. The topological polar surface area (TPSA) is 82.2 Å². The third-order valence-corrected chi connectivity index (χ3v) is 8.38. The summed E-state index contributed by atoms with van der Waals surface area (Å²) < 4.78 is 90.2. The molecule has 0 radical (unpaired) electrons. The Morgan fingerprint density at radius 2 is 1.77 bits per heavy atom. The Balaban J connectivity index is 1.45. The van der Waals surface area contributed by atoms with Crippen molar-refractivity contribution in [3.05, 3.63) is 81.1 Å². The van der Waals surface area contributed by atoms with Crippen LogP contribution in [0.4, 0.5) is 27.6 Å². The third kappa shape index (κ3) is 9.82. The van der Waals surface area contributed by atoms with E-state index in [-0.39, 0.29) is 46.1 Å². The van der Waals surface area contributed by atoms with Crippen molar-refractivity contribution >= 4 is 34.9 Å². The number of nitrogens with one attached hydrogen (secondary N) is 1. The Kier molecular flexibility index (Phi) is 11.6. The largest absolute Gasteiger partial charge is 0.489 e. The molecule has 1 saturated heterocycles. The van der Waals surface area contributed by atoms with E-state index in [9.17, 15) is 26.7 Å². The molecule has 0 amide bonds. The van der Waals surface area contributed by atoms with E-state index in [2.05, 4.69) is 19.9 Å². The van der Waals surface area contributed by atoms with E-state index in [4.69, 9.17) is 37.4 Å². The van der Waals surface area contributed by atoms with Crippen LogP contribution >= 0.6 is 23.2 Å². The predicted octanol–water partition coefficient (Wildman–Crippen LogP) is 7.68. The average Bonchev–Trinajstić information content (AvgIpc) is 3.86. The Morgan fingerprint density at radius 3 is 2.43 bits per heavy atom. The van der Waals surface area contributed by atoms with Crippen molar-refractivity contribution in [2.45, 2.75) is 38.2 Å². The Labute approximate surface area is 278 Å². The lowest BCUT2D eigenvalue weighted by molar-refractivity contribution is -0.138. The van der Waals surface area contributed by atoms with Crippen molar-refractivity contribution < 1.29 is 45.7 Å². The highest BCUT2D eigenvalue weighted by Gasteiger charge is 2.37. The lowest BCUT2D eigenvalue weighted by Crippen LogP contribution is -2.39. The molecule has 3 aromatic rings. The molecule has 5 rings (SSSR count). The number of hydrogen-bond acceptors (Lipinski definition) is 8. The molecular formula is C32H32Cl2F5N3O5. The number of hydrogen-bond donors (Lipinski definition) is 1. The van der Waals surface area contributed by atoms with E-state index in [1.165, 1.54) is 36.7 Å². The standard InChI is InChI=1S/C32H32Cl2F5N3O5/c33-25-16-40-17-26(34)23(25)15-28(20-3-6-27(47-31(35)36)29(13-20)45-18-19-1-2-19)46-30(43)22-14-21(4-5-24(22)32(37,38)39)41-7-8-42-9-11-44-12-10-42/h3-6,13-14,16-17,19,28,31,41H,1-2,7-12,15,18H2/t28-/m0/s1. The summed E-state index contributed by atoms with van der Waals surface area (Å²) in [5.41, 5.74) is -1.07. The van der Waals surface area contributed by atoms with Crippen LogP contribution in [0.3, 0.4) is 0 Å². The second-order valence-corrected chi connectivity index (χ2v) is 12.0. The summed E-state index contributed by atoms with van der Waals surface area (Å²) in [5, 5.41) is 3.33. The molecule has 2 fully saturated rings. The van der Waals surface area contributed by atoms with Gasteiger partial charge in [-0.1, -0.05) is 29.3 Å². The zero-order valence-corrected chi connectivity index (χ0v) is 26.5. The second-order valence-electron chi connectivity index (χ2n) is 11.2. The number of esters is 1. The van der Waals surface area contributed by atoms with Crippen molar-refractivity contribution in [1.29, 1.82) is 0 Å². The molecule has 2 heterocycles. The summed E-state index contributed by atoms with van der Waals surface area (Å²) in [6, 6.07) is 7.10. The van der Waals surface area contributed by atoms with Crippen molar-refractivity contribution in [3.63, 3.8) is 0 Å². The van der Waals surface area contributed by atoms with E-state index in [0.717, 1.165) is 38.1 Å². The number of anilines is 1. The van der Waals surface area contributed by atoms with Gasteiger partial charge in [0.15, 0.2) is 11.5 Å². The van der Waals surface area contributed by atoms with Crippen LogP contribution in [0, 0.1) is 5.92 Å². The molecule has 2 aliphatic rings. The first-order valence-corrected chi connectivity index (χ1v) is 15.7. The number of morpholine rings is 1. The highest BCUT2D eigenvalue weighted by molar-refractivity contribution is 6.35. The fraction of sp³-hybridized carbons (Fsp3) is 0.438. The van der Waals surface area contributed by atoms with E-state index in [1.807, 2.05) is 0 Å². The Morgan fingerprint density at radius 1 is 1.04 bits per heavy atom. The van der Waals surface area contributed by atoms with Gasteiger partial charge in [0.2, 0.25) is 0 Å². The van der Waals surface area contributed by atoms with Gasteiger partial charge in [-0.2, -0.15) is 22.0 Å². The number of nitrogens with zero attached hydrogens (tertiary/aromatic N) is 2. The summed E-state index contributed by atoms with van der Waals surface area (Å²) in [6.45, 7) is 0.822. The monoisotopic (exact) mass is 703 g/mol. The summed E-state index contributed by atoms with van der Waals surface area (Å²) in [5.74, 6) is -1.29. The molecule has 1 aromatic heterocycles. The lowest BCUT2D eigenvalue weighted by Gasteiger charge is -2.26. The van der Waals surface area contributed by atoms with Crippen LogP contribution in [0.1, 0.15) is 46.0 Å². The fourth-order valence-electron chi connectivity index (χ4n) is 5.02. The minimum Gasteiger partial charge on any atom is -0.489 e. The van der Waals surface area contributed by atoms with Gasteiger partial charge in [0.1, 0.15) is 6.10 Å². The zero-order valence-electron chi connectivity index (χ0n) is 25.0. The number of alkyl halides is 5. The van der Waals surface area contributed by atoms with Gasteiger partial charge in [-0.3, -0.25) is 9.88 Å². The zero-order chi connectivity index (χ0) is 33.6. The molecule has 1 N–H and O–H groups in total. The van der Waals surface area contributed by atoms with Crippen LogP contribution in [-0.2, 0) is 22.1 Å². The summed E-state index contributed by atoms with van der Waals surface area (Å²) >= 11 is 12.7. The average molecular weight is 705 g/mol. The van der Waals surface area contributed by atoms with Crippen LogP contribution in [0.25, 0.3) is 0 Å². The van der Waals surface area contributed by atoms with Gasteiger partial charge in [-0.25, -0.2) is 4.79 Å². The first kappa shape index (κ1) is 34.9. The molecule has 2 aromatic carbocycles. The number of pyridine rings is 1. The van der Waals surface area contributed by atoms with Gasteiger partial charge in [0.05, 0.1) is 41.0 Å². The molecule has 47 heavy (non-hydrogen) atoms. The second kappa shape index (κ2) is 15.7. The van der Waals surface area contributed by atoms with Crippen LogP contribution in [-0.4, -0.2) is 68.5 Å². The van der Waals surface area contributed by atoms with Gasteiger partial charge in [0.25, 0.3) is 0 Å². The van der Waals surface area contributed by atoms with Crippen LogP contribution in [0.2, 0.25) is 10.0 Å². The maximum Gasteiger partial charge on any atom is 0.417 e. The first-order chi connectivity index (χ1) is 22.5. The smallest absolute Gasteiger partial charge is 0.417 e. The molecule has 254 valence electrons. The maximum atomic E-state index is 14.1. The van der Waals surface area contributed by atoms with E-state index >= 15 is 0 Å². The summed E-state index contributed by atoms with van der Waals surface area (Å²) in [4.78, 5) is 19.7. The number of carbonyl (C=O) groups is 1. The highest BCUT2D eigenvalue weighted by atomic mass is 35.5. The molecule has 1 aliphatic carbocycles. The minimum atomic E-state index is -4.87. The van der Waals surface area contributed by atoms with Crippen molar-refractivity contribution in [2.24, 2.45) is 5.92 Å². The molecule has 15 heteroatoms. The fourth-order valence-corrected chi connectivity index (χ4v) is 5.53. The maximum absolute atomic E-state index is 14.1. The summed E-state index contributed by atoms with van der Waals surface area (Å²) in [6.07, 6.45) is -1.84. The molecule has 1 aliphatic heterocycles. The molecule has 0 spiro atoms. The van der Waals surface area contributed by atoms with Crippen molar-refractivity contribution in [3.8, 4) is 11.5 Å². The predicted molar refractivity (Wildman–Crippen MR) is 165 cm³/mol. The van der Waals surface area contributed by atoms with E-state index in [1.54, 1.807) is 0 Å². The van der Waals surface area contributed by atoms with E-state index < -0.39 is 36.0 Å². The van der Waals surface area contributed by atoms with Crippen molar-refractivity contribution in [1.82, 2.24) is 9.88 Å². The molecule has 0 bridgehead atoms. The Hall–Kier alpha value is -3.39. The quantitative estimate of drug-likeness (QED) is 0.135. The van der Waals surface area contributed by atoms with E-state index in [0.29, 0.717) is 37.6 Å². The number of carbonyl (C=O) groups excluding carboxylic acids is 1. The minimum absolute atomic E-state index is 0.0369. The van der Waals surface area contributed by atoms with Crippen LogP contribution in [0.15, 0.2) is 48.8 Å². The van der Waals surface area contributed by atoms with Gasteiger partial charge in [0, 0.05) is 50.7 Å². The summed E-state index contributed by atoms with van der Waals surface area (Å²) in [7, 11) is 0. The van der Waals surface area contributed by atoms with Gasteiger partial charge >= 0.3 is 18.8 Å². The number of rotatable bonds is 14. The molecule has 0 unspecified atom stereocenters. The molecule has 8 nitrogen and oxygen atoms in total.